The van der Waals surface area contributed by atoms with Gasteiger partial charge in [-0.05, 0) is 86.0 Å². The van der Waals surface area contributed by atoms with Gasteiger partial charge < -0.3 is 25.6 Å². The number of hydrogen-bond donors (Lipinski definition) is 3. The fourth-order valence-corrected chi connectivity index (χ4v) is 8.31. The fraction of sp³-hybridized carbons (Fsp3) is 0.500. The van der Waals surface area contributed by atoms with Crippen molar-refractivity contribution in [3.05, 3.63) is 65.4 Å². The van der Waals surface area contributed by atoms with Gasteiger partial charge in [-0.25, -0.2) is 4.98 Å². The molecule has 0 amide bonds. The number of hydrogen-bond acceptors (Lipinski definition) is 6. The number of pyridine rings is 1. The van der Waals surface area contributed by atoms with E-state index in [-0.39, 0.29) is 17.1 Å². The first-order valence-electron chi connectivity index (χ1n) is 13.2. The van der Waals surface area contributed by atoms with Gasteiger partial charge in [0.05, 0.1) is 17.3 Å². The van der Waals surface area contributed by atoms with E-state index in [2.05, 4.69) is 48.3 Å². The molecule has 2 fully saturated rings. The lowest BCUT2D eigenvalue weighted by Crippen LogP contribution is -2.61. The van der Waals surface area contributed by atoms with E-state index in [1.165, 1.54) is 16.7 Å². The van der Waals surface area contributed by atoms with Gasteiger partial charge in [-0.15, -0.1) is 0 Å². The van der Waals surface area contributed by atoms with Crippen LogP contribution in [-0.4, -0.2) is 63.6 Å². The summed E-state index contributed by atoms with van der Waals surface area (Å²) in [5.41, 5.74) is 9.94. The molecule has 3 aliphatic carbocycles. The summed E-state index contributed by atoms with van der Waals surface area (Å²) < 4.78 is 7.24. The van der Waals surface area contributed by atoms with Crippen LogP contribution < -0.4 is 5.73 Å². The highest BCUT2D eigenvalue weighted by atomic mass is 16.5. The average molecular weight is 486 g/mol. The summed E-state index contributed by atoms with van der Waals surface area (Å²) in [5, 5.41) is 24.1. The average Bonchev–Trinajstić information content (AvgIpc) is 3.37. The Balaban J connectivity index is 1.30. The van der Waals surface area contributed by atoms with Crippen LogP contribution in [0.1, 0.15) is 44.6 Å². The molecular weight excluding hydrogens is 450 g/mol. The van der Waals surface area contributed by atoms with Crippen LogP contribution in [-0.2, 0) is 4.74 Å². The predicted octanol–water partition coefficient (Wildman–Crippen LogP) is 3.84. The van der Waals surface area contributed by atoms with Crippen molar-refractivity contribution in [2.24, 2.45) is 11.3 Å². The maximum Gasteiger partial charge on any atom is 0.131 e. The number of aliphatic hydroxyl groups is 2. The van der Waals surface area contributed by atoms with Gasteiger partial charge in [0.1, 0.15) is 11.9 Å². The van der Waals surface area contributed by atoms with Crippen molar-refractivity contribution in [3.8, 4) is 0 Å². The molecule has 2 aliphatic heterocycles. The Labute approximate surface area is 212 Å². The summed E-state index contributed by atoms with van der Waals surface area (Å²) >= 11 is 0. The maximum absolute atomic E-state index is 11.2. The quantitative estimate of drug-likeness (QED) is 0.599. The molecule has 1 unspecified atom stereocenters. The Kier molecular flexibility index (Phi) is 4.59. The number of nitrogen functional groups attached to an aromatic ring is 1. The van der Waals surface area contributed by atoms with E-state index in [9.17, 15) is 10.2 Å². The number of aliphatic hydroxyl groups excluding tert-OH is 2. The molecule has 2 aromatic rings. The third-order valence-corrected chi connectivity index (χ3v) is 10.2. The number of likely N-dealkylation sites (N-methyl/N-ethyl adjacent to an activating group) is 1. The monoisotopic (exact) mass is 485 g/mol. The van der Waals surface area contributed by atoms with E-state index in [1.807, 2.05) is 25.1 Å². The van der Waals surface area contributed by atoms with Crippen molar-refractivity contribution in [2.45, 2.75) is 68.5 Å². The van der Waals surface area contributed by atoms with Crippen molar-refractivity contribution < 1.29 is 14.9 Å². The largest absolute Gasteiger partial charge is 0.388 e. The van der Waals surface area contributed by atoms with Gasteiger partial charge >= 0.3 is 0 Å². The molecule has 0 radical (unpaired) electrons. The minimum absolute atomic E-state index is 0.0413. The zero-order valence-electron chi connectivity index (χ0n) is 21.2. The maximum atomic E-state index is 11.2. The Bertz CT molecular complexity index is 1380. The summed E-state index contributed by atoms with van der Waals surface area (Å²) in [4.78, 5) is 6.27. The highest BCUT2D eigenvalue weighted by molar-refractivity contribution is 5.93. The molecule has 1 aromatic heterocycles. The number of rotatable bonds is 2. The number of fused-ring (bicyclic) bond motifs is 2. The van der Waals surface area contributed by atoms with Gasteiger partial charge in [0.25, 0.3) is 0 Å². The van der Waals surface area contributed by atoms with E-state index < -0.39 is 17.8 Å². The second kappa shape index (κ2) is 7.29. The second-order valence-corrected chi connectivity index (χ2v) is 12.1. The molecule has 7 rings (SSSR count). The van der Waals surface area contributed by atoms with Crippen LogP contribution in [0.4, 0.5) is 5.82 Å². The smallest absolute Gasteiger partial charge is 0.131 e. The molecule has 1 saturated carbocycles. The Hall–Kier alpha value is -2.51. The van der Waals surface area contributed by atoms with Gasteiger partial charge in [-0.1, -0.05) is 37.3 Å². The van der Waals surface area contributed by atoms with E-state index in [4.69, 9.17) is 10.5 Å². The summed E-state index contributed by atoms with van der Waals surface area (Å²) in [6.45, 7) is 2.40. The topological polar surface area (TPSA) is 91.8 Å². The third-order valence-electron chi connectivity index (χ3n) is 10.2. The lowest BCUT2D eigenvalue weighted by Gasteiger charge is -2.55. The standard InChI is InChI=1S/C30H35N3O3/c1-28-10-8-19-15-22-25(34)26(35)23(33(2)3)16-29(22)11-12-30(19,36-29)24(28)7-6-21(28)18-4-5-20-17(14-18)9-13-32-27(20)31/h4-6,8-9,13-15,23-26,34-35H,7,10-12,16H2,1-3H3,(H2,31,32)/t23-,24?,25+,26+,28+,29+,30+/m0/s1. The number of nitrogens with zero attached hydrogens (tertiary/aromatic N) is 2. The van der Waals surface area contributed by atoms with Crippen molar-refractivity contribution in [3.63, 3.8) is 0 Å². The first-order valence-corrected chi connectivity index (χ1v) is 13.2. The molecule has 36 heavy (non-hydrogen) atoms. The van der Waals surface area contributed by atoms with Gasteiger partial charge in [0.2, 0.25) is 0 Å². The third kappa shape index (κ3) is 2.73. The normalized spacial score (nSPS) is 40.9. The number of nitrogens with two attached hydrogens (primary N) is 1. The molecule has 2 bridgehead atoms. The van der Waals surface area contributed by atoms with Crippen LogP contribution in [0.15, 0.2) is 59.8 Å². The van der Waals surface area contributed by atoms with Crippen LogP contribution in [0, 0.1) is 11.3 Å². The first kappa shape index (κ1) is 22.7. The van der Waals surface area contributed by atoms with E-state index in [0.717, 1.165) is 42.0 Å². The van der Waals surface area contributed by atoms with Crippen molar-refractivity contribution >= 4 is 22.2 Å². The van der Waals surface area contributed by atoms with E-state index in [1.54, 1.807) is 6.20 Å². The number of anilines is 1. The molecule has 6 heteroatoms. The zero-order chi connectivity index (χ0) is 25.0. The Morgan fingerprint density at radius 3 is 2.78 bits per heavy atom. The van der Waals surface area contributed by atoms with Gasteiger partial charge in [-0.3, -0.25) is 0 Å². The van der Waals surface area contributed by atoms with Crippen LogP contribution in [0.5, 0.6) is 0 Å². The molecule has 7 atom stereocenters. The molecule has 1 saturated heterocycles. The molecular formula is C30H35N3O3. The van der Waals surface area contributed by atoms with E-state index in [0.29, 0.717) is 18.2 Å². The molecule has 5 aliphatic rings. The summed E-state index contributed by atoms with van der Waals surface area (Å²) in [7, 11) is 3.95. The summed E-state index contributed by atoms with van der Waals surface area (Å²) in [5.74, 6) is 0.898. The number of ether oxygens (including phenoxy) is 1. The zero-order valence-corrected chi connectivity index (χ0v) is 21.2. The lowest BCUT2D eigenvalue weighted by molar-refractivity contribution is -0.161. The first-order chi connectivity index (χ1) is 17.2. The number of benzene rings is 1. The fourth-order valence-electron chi connectivity index (χ4n) is 8.31. The SMILES string of the molecule is CN(C)[C@H]1C[C@@]23CC[C@@]4(O2)C(=CC[C@]2(C)C(c5ccc6c(N)nccc6c5)=CCC24)C=C3[C@@H](O)[C@@H]1O. The van der Waals surface area contributed by atoms with Crippen LogP contribution >= 0.6 is 0 Å². The van der Waals surface area contributed by atoms with Crippen LogP contribution in [0.3, 0.4) is 0 Å². The Morgan fingerprint density at radius 1 is 1.14 bits per heavy atom. The highest BCUT2D eigenvalue weighted by Crippen LogP contribution is 2.67. The number of aromatic nitrogens is 1. The lowest BCUT2D eigenvalue weighted by atomic mass is 9.58. The summed E-state index contributed by atoms with van der Waals surface area (Å²) in [6.07, 6.45) is 11.5. The van der Waals surface area contributed by atoms with Crippen LogP contribution in [0.2, 0.25) is 0 Å². The van der Waals surface area contributed by atoms with Crippen LogP contribution in [0.25, 0.3) is 16.3 Å². The van der Waals surface area contributed by atoms with Crippen molar-refractivity contribution in [1.29, 1.82) is 0 Å². The van der Waals surface area contributed by atoms with Gasteiger partial charge in [-0.2, -0.15) is 0 Å². The minimum atomic E-state index is -0.895. The molecule has 3 heterocycles. The molecule has 2 spiro atoms. The molecule has 6 nitrogen and oxygen atoms in total. The Morgan fingerprint density at radius 2 is 1.97 bits per heavy atom. The van der Waals surface area contributed by atoms with E-state index >= 15 is 0 Å². The van der Waals surface area contributed by atoms with Gasteiger partial charge in [0, 0.05) is 29.0 Å². The highest BCUT2D eigenvalue weighted by Gasteiger charge is 2.67. The molecule has 188 valence electrons. The number of allylic oxidation sites excluding steroid dienone is 3. The minimum Gasteiger partial charge on any atom is -0.388 e. The van der Waals surface area contributed by atoms with Crippen molar-refractivity contribution in [2.75, 3.05) is 19.8 Å². The summed E-state index contributed by atoms with van der Waals surface area (Å²) in [6, 6.07) is 8.43. The molecule has 1 aromatic carbocycles. The molecule has 4 N–H and O–H groups in total. The van der Waals surface area contributed by atoms with Gasteiger partial charge in [0.15, 0.2) is 0 Å². The second-order valence-electron chi connectivity index (χ2n) is 12.1. The van der Waals surface area contributed by atoms with Crippen molar-refractivity contribution in [1.82, 2.24) is 9.88 Å². The predicted molar refractivity (Wildman–Crippen MR) is 141 cm³/mol.